The van der Waals surface area contributed by atoms with E-state index in [2.05, 4.69) is 35.1 Å². The maximum Gasteiger partial charge on any atom is 0.287 e. The number of amides is 1. The monoisotopic (exact) mass is 323 g/mol. The minimum absolute atomic E-state index is 0.0746. The summed E-state index contributed by atoms with van der Waals surface area (Å²) in [5.74, 6) is 0.217. The summed E-state index contributed by atoms with van der Waals surface area (Å²) in [7, 11) is 0. The number of hydrogen-bond donors (Lipinski definition) is 1. The fraction of sp³-hybridized carbons (Fsp3) is 0.400. The average Bonchev–Trinajstić information content (AvgIpc) is 2.79. The van der Waals surface area contributed by atoms with Gasteiger partial charge in [0.1, 0.15) is 5.58 Å². The van der Waals surface area contributed by atoms with Crippen LogP contribution in [0.2, 0.25) is 0 Å². The molecule has 0 fully saturated rings. The van der Waals surface area contributed by atoms with Gasteiger partial charge >= 0.3 is 0 Å². The number of fused-ring (bicyclic) bond motifs is 1. The van der Waals surface area contributed by atoms with Crippen molar-refractivity contribution in [2.45, 2.75) is 20.3 Å². The van der Waals surface area contributed by atoms with Crippen LogP contribution < -0.4 is 5.32 Å². The Morgan fingerprint density at radius 2 is 2.11 bits per heavy atom. The summed E-state index contributed by atoms with van der Waals surface area (Å²) in [6.07, 6.45) is 1.01. The molecule has 1 N–H and O–H groups in total. The van der Waals surface area contributed by atoms with E-state index in [1.54, 1.807) is 6.07 Å². The number of carbonyl (C=O) groups excluding carboxylic acids is 1. The van der Waals surface area contributed by atoms with Gasteiger partial charge in [-0.05, 0) is 24.0 Å². The zero-order valence-corrected chi connectivity index (χ0v) is 12.8. The van der Waals surface area contributed by atoms with E-state index in [1.165, 1.54) is 0 Å². The van der Waals surface area contributed by atoms with Crippen LogP contribution in [0.15, 0.2) is 34.7 Å². The number of hydrogen-bond acceptors (Lipinski definition) is 2. The van der Waals surface area contributed by atoms with Crippen LogP contribution in [0.1, 0.15) is 30.8 Å². The zero-order valence-electron chi connectivity index (χ0n) is 11.2. The van der Waals surface area contributed by atoms with Gasteiger partial charge in [-0.2, -0.15) is 0 Å². The molecule has 0 radical (unpaired) electrons. The summed E-state index contributed by atoms with van der Waals surface area (Å²) in [6, 6.07) is 9.40. The van der Waals surface area contributed by atoms with E-state index in [0.717, 1.165) is 22.7 Å². The number of para-hydroxylation sites is 1. The van der Waals surface area contributed by atoms with E-state index in [-0.39, 0.29) is 11.3 Å². The lowest BCUT2D eigenvalue weighted by Gasteiger charge is -2.23. The molecule has 3 nitrogen and oxygen atoms in total. The third-order valence-corrected chi connectivity index (χ3v) is 3.54. The van der Waals surface area contributed by atoms with Gasteiger partial charge in [-0.1, -0.05) is 48.0 Å². The molecule has 102 valence electrons. The van der Waals surface area contributed by atoms with Crippen LogP contribution in [0.5, 0.6) is 0 Å². The molecular weight excluding hydrogens is 306 g/mol. The van der Waals surface area contributed by atoms with Gasteiger partial charge < -0.3 is 9.73 Å². The molecule has 1 aromatic carbocycles. The lowest BCUT2D eigenvalue weighted by Crippen LogP contribution is -2.34. The summed E-state index contributed by atoms with van der Waals surface area (Å²) in [4.78, 5) is 12.0. The van der Waals surface area contributed by atoms with E-state index in [0.29, 0.717) is 12.3 Å². The number of carbonyl (C=O) groups is 1. The minimum Gasteiger partial charge on any atom is -0.451 e. The van der Waals surface area contributed by atoms with Gasteiger partial charge in [-0.25, -0.2) is 0 Å². The molecule has 0 saturated carbocycles. The molecule has 0 aliphatic rings. The molecule has 0 aliphatic carbocycles. The maximum absolute atomic E-state index is 12.0. The lowest BCUT2D eigenvalue weighted by molar-refractivity contribution is 0.0910. The van der Waals surface area contributed by atoms with Gasteiger partial charge in [0.15, 0.2) is 5.76 Å². The smallest absolute Gasteiger partial charge is 0.287 e. The van der Waals surface area contributed by atoms with Crippen LogP contribution in [0, 0.1) is 5.41 Å². The molecule has 0 spiro atoms. The molecular formula is C15H18BrNO2. The number of rotatable bonds is 5. The second-order valence-corrected chi connectivity index (χ2v) is 6.23. The molecule has 2 rings (SSSR count). The van der Waals surface area contributed by atoms with Crippen LogP contribution in [-0.4, -0.2) is 17.8 Å². The summed E-state index contributed by atoms with van der Waals surface area (Å²) >= 11 is 3.43. The number of benzene rings is 1. The minimum atomic E-state index is -0.154. The highest BCUT2D eigenvalue weighted by atomic mass is 79.9. The summed E-state index contributed by atoms with van der Waals surface area (Å²) in [6.45, 7) is 4.90. The molecule has 0 aliphatic heterocycles. The van der Waals surface area contributed by atoms with Gasteiger partial charge in [0.05, 0.1) is 0 Å². The molecule has 2 aromatic rings. The predicted octanol–water partition coefficient (Wildman–Crippen LogP) is 3.97. The standard InChI is InChI=1S/C15H18BrNO2/c1-15(2,7-8-16)10-17-14(18)13-9-11-5-3-4-6-12(11)19-13/h3-6,9H,7-8,10H2,1-2H3,(H,17,18). The molecule has 1 aromatic heterocycles. The van der Waals surface area contributed by atoms with Crippen molar-refractivity contribution in [2.24, 2.45) is 5.41 Å². The molecule has 1 heterocycles. The van der Waals surface area contributed by atoms with Crippen molar-refractivity contribution < 1.29 is 9.21 Å². The number of furan rings is 1. The van der Waals surface area contributed by atoms with E-state index in [4.69, 9.17) is 4.42 Å². The second kappa shape index (κ2) is 5.78. The molecule has 4 heteroatoms. The van der Waals surface area contributed by atoms with Crippen molar-refractivity contribution in [1.82, 2.24) is 5.32 Å². The molecule has 0 saturated heterocycles. The summed E-state index contributed by atoms with van der Waals surface area (Å²) in [5.41, 5.74) is 0.818. The third kappa shape index (κ3) is 3.60. The Balaban J connectivity index is 2.04. The highest BCUT2D eigenvalue weighted by molar-refractivity contribution is 9.09. The van der Waals surface area contributed by atoms with Crippen LogP contribution in [0.25, 0.3) is 11.0 Å². The predicted molar refractivity (Wildman–Crippen MR) is 80.7 cm³/mol. The Bertz CT molecular complexity index is 541. The first-order chi connectivity index (χ1) is 9.02. The van der Waals surface area contributed by atoms with Gasteiger partial charge in [0.2, 0.25) is 0 Å². The Morgan fingerprint density at radius 1 is 1.37 bits per heavy atom. The van der Waals surface area contributed by atoms with Crippen molar-refractivity contribution in [1.29, 1.82) is 0 Å². The van der Waals surface area contributed by atoms with Gasteiger partial charge in [-0.3, -0.25) is 4.79 Å². The van der Waals surface area contributed by atoms with Crippen LogP contribution in [-0.2, 0) is 0 Å². The topological polar surface area (TPSA) is 42.2 Å². The maximum atomic E-state index is 12.0. The van der Waals surface area contributed by atoms with Crippen LogP contribution >= 0.6 is 15.9 Å². The highest BCUT2D eigenvalue weighted by Crippen LogP contribution is 2.21. The first-order valence-electron chi connectivity index (χ1n) is 6.34. The normalized spacial score (nSPS) is 11.7. The van der Waals surface area contributed by atoms with E-state index in [1.807, 2.05) is 24.3 Å². The molecule has 0 atom stereocenters. The number of halogens is 1. The van der Waals surface area contributed by atoms with Crippen molar-refractivity contribution >= 4 is 32.8 Å². The SMILES string of the molecule is CC(C)(CCBr)CNC(=O)c1cc2ccccc2o1. The Labute approximate surface area is 121 Å². The molecule has 0 bridgehead atoms. The largest absolute Gasteiger partial charge is 0.451 e. The highest BCUT2D eigenvalue weighted by Gasteiger charge is 2.19. The molecule has 19 heavy (non-hydrogen) atoms. The van der Waals surface area contributed by atoms with Crippen molar-refractivity contribution in [3.05, 3.63) is 36.1 Å². The van der Waals surface area contributed by atoms with E-state index < -0.39 is 0 Å². The van der Waals surface area contributed by atoms with Crippen molar-refractivity contribution in [3.63, 3.8) is 0 Å². The van der Waals surface area contributed by atoms with Crippen LogP contribution in [0.4, 0.5) is 0 Å². The first kappa shape index (κ1) is 14.1. The van der Waals surface area contributed by atoms with Gasteiger partial charge in [-0.15, -0.1) is 0 Å². The fourth-order valence-electron chi connectivity index (χ4n) is 1.84. The lowest BCUT2D eigenvalue weighted by atomic mass is 9.90. The van der Waals surface area contributed by atoms with Gasteiger partial charge in [0.25, 0.3) is 5.91 Å². The Hall–Kier alpha value is -1.29. The van der Waals surface area contributed by atoms with Crippen LogP contribution in [0.3, 0.4) is 0 Å². The quantitative estimate of drug-likeness (QED) is 0.846. The second-order valence-electron chi connectivity index (χ2n) is 5.43. The zero-order chi connectivity index (χ0) is 13.9. The molecule has 1 amide bonds. The fourth-order valence-corrected chi connectivity index (χ4v) is 2.92. The number of nitrogens with one attached hydrogen (secondary N) is 1. The third-order valence-electron chi connectivity index (χ3n) is 3.15. The first-order valence-corrected chi connectivity index (χ1v) is 7.47. The Kier molecular flexibility index (Phi) is 4.30. The Morgan fingerprint density at radius 3 is 2.79 bits per heavy atom. The van der Waals surface area contributed by atoms with E-state index >= 15 is 0 Å². The average molecular weight is 324 g/mol. The summed E-state index contributed by atoms with van der Waals surface area (Å²) in [5, 5.41) is 4.81. The number of alkyl halides is 1. The van der Waals surface area contributed by atoms with Gasteiger partial charge in [0, 0.05) is 17.3 Å². The van der Waals surface area contributed by atoms with Crippen molar-refractivity contribution in [3.8, 4) is 0 Å². The van der Waals surface area contributed by atoms with Crippen molar-refractivity contribution in [2.75, 3.05) is 11.9 Å². The summed E-state index contributed by atoms with van der Waals surface area (Å²) < 4.78 is 5.53. The van der Waals surface area contributed by atoms with E-state index in [9.17, 15) is 4.79 Å². The molecule has 0 unspecified atom stereocenters.